The van der Waals surface area contributed by atoms with E-state index in [9.17, 15) is 22.8 Å². The van der Waals surface area contributed by atoms with E-state index < -0.39 is 23.7 Å². The van der Waals surface area contributed by atoms with Crippen LogP contribution in [0.25, 0.3) is 0 Å². The first kappa shape index (κ1) is 19.2. The lowest BCUT2D eigenvalue weighted by atomic mass is 10.1. The Kier molecular flexibility index (Phi) is 5.36. The van der Waals surface area contributed by atoms with Crippen LogP contribution in [0.3, 0.4) is 0 Å². The number of methoxy groups -OCH3 is 1. The van der Waals surface area contributed by atoms with Gasteiger partial charge in [-0.05, 0) is 25.0 Å². The number of nitrogens with one attached hydrogen (secondary N) is 1. The Morgan fingerprint density at radius 3 is 2.67 bits per heavy atom. The summed E-state index contributed by atoms with van der Waals surface area (Å²) in [6, 6.07) is 4.12. The average molecular weight is 399 g/mol. The standard InChI is InChI=1S/C17H16F3N3O3S/c1-26-15(24)13-9-27-14(21-13)8-23(10-6-7-10)16(25)22-12-5-3-2-4-11(12)17(18,19)20/h2-5,9-10H,6-8H2,1H3,(H,22,25). The molecule has 1 aromatic carbocycles. The first-order valence-corrected chi connectivity index (χ1v) is 8.94. The maximum atomic E-state index is 13.1. The summed E-state index contributed by atoms with van der Waals surface area (Å²) < 4.78 is 43.9. The Morgan fingerprint density at radius 1 is 1.33 bits per heavy atom. The molecule has 0 aliphatic heterocycles. The second-order valence-electron chi connectivity index (χ2n) is 5.95. The zero-order valence-corrected chi connectivity index (χ0v) is 15.1. The zero-order valence-electron chi connectivity index (χ0n) is 14.2. The molecule has 0 spiro atoms. The van der Waals surface area contributed by atoms with Crippen molar-refractivity contribution in [1.29, 1.82) is 0 Å². The van der Waals surface area contributed by atoms with E-state index in [1.807, 2.05) is 0 Å². The van der Waals surface area contributed by atoms with Crippen LogP contribution in [0.15, 0.2) is 29.6 Å². The molecule has 0 bridgehead atoms. The molecule has 1 aliphatic carbocycles. The van der Waals surface area contributed by atoms with E-state index in [1.165, 1.54) is 46.9 Å². The van der Waals surface area contributed by atoms with E-state index in [4.69, 9.17) is 0 Å². The fourth-order valence-electron chi connectivity index (χ4n) is 2.51. The molecule has 0 saturated heterocycles. The molecule has 0 atom stereocenters. The molecule has 10 heteroatoms. The summed E-state index contributed by atoms with van der Waals surface area (Å²) >= 11 is 1.18. The van der Waals surface area contributed by atoms with Crippen molar-refractivity contribution in [3.05, 3.63) is 45.9 Å². The molecule has 0 unspecified atom stereocenters. The number of alkyl halides is 3. The van der Waals surface area contributed by atoms with Gasteiger partial charge in [-0.15, -0.1) is 11.3 Å². The third kappa shape index (κ3) is 4.57. The lowest BCUT2D eigenvalue weighted by Gasteiger charge is -2.23. The number of ether oxygens (including phenoxy) is 1. The van der Waals surface area contributed by atoms with Crippen LogP contribution in [0.2, 0.25) is 0 Å². The van der Waals surface area contributed by atoms with Crippen molar-refractivity contribution in [3.8, 4) is 0 Å². The van der Waals surface area contributed by atoms with E-state index in [0.29, 0.717) is 5.01 Å². The fourth-order valence-corrected chi connectivity index (χ4v) is 3.27. The number of rotatable bonds is 5. The van der Waals surface area contributed by atoms with Crippen molar-refractivity contribution >= 4 is 29.0 Å². The number of carbonyl (C=O) groups excluding carboxylic acids is 2. The molecule has 1 fully saturated rings. The SMILES string of the molecule is COC(=O)c1csc(CN(C(=O)Nc2ccccc2C(F)(F)F)C2CC2)n1. The van der Waals surface area contributed by atoms with E-state index >= 15 is 0 Å². The number of hydrogen-bond acceptors (Lipinski definition) is 5. The van der Waals surface area contributed by atoms with Crippen molar-refractivity contribution in [3.63, 3.8) is 0 Å². The number of carbonyl (C=O) groups is 2. The van der Waals surface area contributed by atoms with E-state index in [0.717, 1.165) is 18.9 Å². The molecule has 2 aromatic rings. The van der Waals surface area contributed by atoms with Crippen LogP contribution in [0, 0.1) is 0 Å². The third-order valence-corrected chi connectivity index (χ3v) is 4.81. The minimum absolute atomic E-state index is 0.0616. The number of urea groups is 1. The number of para-hydroxylation sites is 1. The zero-order chi connectivity index (χ0) is 19.6. The highest BCUT2D eigenvalue weighted by molar-refractivity contribution is 7.09. The highest BCUT2D eigenvalue weighted by Crippen LogP contribution is 2.35. The summed E-state index contributed by atoms with van der Waals surface area (Å²) in [6.07, 6.45) is -3.04. The predicted octanol–water partition coefficient (Wildman–Crippen LogP) is 4.15. The van der Waals surface area contributed by atoms with Gasteiger partial charge < -0.3 is 15.0 Å². The summed E-state index contributed by atoms with van der Waals surface area (Å²) in [5.41, 5.74) is -1.07. The molecule has 3 rings (SSSR count). The molecule has 1 aliphatic rings. The van der Waals surface area contributed by atoms with Crippen molar-refractivity contribution in [2.75, 3.05) is 12.4 Å². The Labute approximate surface area is 157 Å². The summed E-state index contributed by atoms with van der Waals surface area (Å²) in [5.74, 6) is -0.584. The van der Waals surface area contributed by atoms with Crippen LogP contribution in [-0.2, 0) is 17.5 Å². The number of benzene rings is 1. The summed E-state index contributed by atoms with van der Waals surface area (Å²) in [5, 5.41) is 4.37. The average Bonchev–Trinajstić information content (AvgIpc) is 3.36. The molecular formula is C17H16F3N3O3S. The number of esters is 1. The first-order chi connectivity index (χ1) is 12.8. The lowest BCUT2D eigenvalue weighted by Crippen LogP contribution is -2.36. The van der Waals surface area contributed by atoms with Gasteiger partial charge in [-0.2, -0.15) is 13.2 Å². The van der Waals surface area contributed by atoms with Gasteiger partial charge in [0.25, 0.3) is 0 Å². The largest absolute Gasteiger partial charge is 0.464 e. The molecule has 1 N–H and O–H groups in total. The maximum absolute atomic E-state index is 13.1. The number of hydrogen-bond donors (Lipinski definition) is 1. The Balaban J connectivity index is 1.76. The van der Waals surface area contributed by atoms with Gasteiger partial charge in [-0.3, -0.25) is 0 Å². The van der Waals surface area contributed by atoms with E-state index in [-0.39, 0.29) is 24.0 Å². The minimum Gasteiger partial charge on any atom is -0.464 e. The monoisotopic (exact) mass is 399 g/mol. The number of aromatic nitrogens is 1. The topological polar surface area (TPSA) is 71.5 Å². The van der Waals surface area contributed by atoms with Crippen LogP contribution in [-0.4, -0.2) is 35.0 Å². The van der Waals surface area contributed by atoms with Crippen LogP contribution in [0.1, 0.15) is 33.9 Å². The quantitative estimate of drug-likeness (QED) is 0.767. The molecular weight excluding hydrogens is 383 g/mol. The second-order valence-corrected chi connectivity index (χ2v) is 6.89. The van der Waals surface area contributed by atoms with Crippen molar-refractivity contribution in [2.45, 2.75) is 31.6 Å². The third-order valence-electron chi connectivity index (χ3n) is 3.97. The molecule has 0 radical (unpaired) electrons. The fraction of sp³-hybridized carbons (Fsp3) is 0.353. The number of amides is 2. The summed E-state index contributed by atoms with van der Waals surface area (Å²) in [7, 11) is 1.24. The van der Waals surface area contributed by atoms with Crippen molar-refractivity contribution < 1.29 is 27.5 Å². The predicted molar refractivity (Wildman–Crippen MR) is 92.5 cm³/mol. The van der Waals surface area contributed by atoms with Crippen LogP contribution < -0.4 is 5.32 Å². The van der Waals surface area contributed by atoms with E-state index in [2.05, 4.69) is 15.0 Å². The molecule has 1 aromatic heterocycles. The minimum atomic E-state index is -4.57. The second kappa shape index (κ2) is 7.55. The highest BCUT2D eigenvalue weighted by atomic mass is 32.1. The first-order valence-electron chi connectivity index (χ1n) is 8.06. The molecule has 1 saturated carbocycles. The van der Waals surface area contributed by atoms with Gasteiger partial charge in [0.1, 0.15) is 5.01 Å². The number of halogens is 3. The van der Waals surface area contributed by atoms with Gasteiger partial charge in [0, 0.05) is 11.4 Å². The van der Waals surface area contributed by atoms with Crippen molar-refractivity contribution in [2.24, 2.45) is 0 Å². The van der Waals surface area contributed by atoms with Gasteiger partial charge >= 0.3 is 18.2 Å². The van der Waals surface area contributed by atoms with Gasteiger partial charge in [0.05, 0.1) is 24.9 Å². The van der Waals surface area contributed by atoms with Gasteiger partial charge in [-0.25, -0.2) is 14.6 Å². The molecule has 6 nitrogen and oxygen atoms in total. The van der Waals surface area contributed by atoms with Gasteiger partial charge in [-0.1, -0.05) is 12.1 Å². The summed E-state index contributed by atoms with van der Waals surface area (Å²) in [4.78, 5) is 29.7. The Morgan fingerprint density at radius 2 is 2.04 bits per heavy atom. The number of anilines is 1. The van der Waals surface area contributed by atoms with Gasteiger partial charge in [0.15, 0.2) is 5.69 Å². The molecule has 2 amide bonds. The van der Waals surface area contributed by atoms with Gasteiger partial charge in [0.2, 0.25) is 0 Å². The molecule has 1 heterocycles. The normalized spacial score (nSPS) is 13.9. The Hall–Kier alpha value is -2.62. The Bertz CT molecular complexity index is 849. The van der Waals surface area contributed by atoms with Crippen LogP contribution in [0.4, 0.5) is 23.7 Å². The summed E-state index contributed by atoms with van der Waals surface area (Å²) in [6.45, 7) is 0.104. The lowest BCUT2D eigenvalue weighted by molar-refractivity contribution is -0.136. The highest BCUT2D eigenvalue weighted by Gasteiger charge is 2.36. The van der Waals surface area contributed by atoms with Crippen molar-refractivity contribution in [1.82, 2.24) is 9.88 Å². The molecule has 144 valence electrons. The van der Waals surface area contributed by atoms with Crippen LogP contribution in [0.5, 0.6) is 0 Å². The van der Waals surface area contributed by atoms with E-state index in [1.54, 1.807) is 0 Å². The molecule has 27 heavy (non-hydrogen) atoms. The number of nitrogens with zero attached hydrogens (tertiary/aromatic N) is 2. The number of thiazole rings is 1. The van der Waals surface area contributed by atoms with Crippen LogP contribution >= 0.6 is 11.3 Å². The smallest absolute Gasteiger partial charge is 0.418 e. The maximum Gasteiger partial charge on any atom is 0.418 e.